The summed E-state index contributed by atoms with van der Waals surface area (Å²) in [4.78, 5) is 3.81. The highest BCUT2D eigenvalue weighted by molar-refractivity contribution is 6.20. The number of rotatable bonds is 6. The van der Waals surface area contributed by atoms with Crippen LogP contribution >= 0.6 is 11.6 Å². The van der Waals surface area contributed by atoms with Crippen molar-refractivity contribution in [2.24, 2.45) is 0 Å². The van der Waals surface area contributed by atoms with Gasteiger partial charge in [0.1, 0.15) is 5.82 Å². The predicted octanol–water partition coefficient (Wildman–Crippen LogP) is 3.16. The molecule has 1 rings (SSSR count). The molecule has 18 heavy (non-hydrogen) atoms. The van der Waals surface area contributed by atoms with Crippen LogP contribution in [0, 0.1) is 0 Å². The van der Waals surface area contributed by atoms with E-state index in [1.165, 1.54) is 7.11 Å². The highest BCUT2D eigenvalue weighted by Gasteiger charge is 2.30. The van der Waals surface area contributed by atoms with Crippen molar-refractivity contribution in [3.05, 3.63) is 23.9 Å². The molecule has 1 aromatic heterocycles. The zero-order valence-electron chi connectivity index (χ0n) is 9.80. The van der Waals surface area contributed by atoms with E-state index in [4.69, 9.17) is 16.3 Å². The largest absolute Gasteiger partial charge is 0.416 e. The molecule has 1 aromatic rings. The van der Waals surface area contributed by atoms with Crippen molar-refractivity contribution in [3.63, 3.8) is 0 Å². The van der Waals surface area contributed by atoms with E-state index in [0.29, 0.717) is 19.6 Å². The van der Waals surface area contributed by atoms with Gasteiger partial charge in [0.25, 0.3) is 0 Å². The lowest BCUT2D eigenvalue weighted by Crippen LogP contribution is -2.14. The van der Waals surface area contributed by atoms with E-state index in [-0.39, 0.29) is 11.2 Å². The fraction of sp³-hybridized carbons (Fsp3) is 0.545. The zero-order valence-corrected chi connectivity index (χ0v) is 10.6. The number of nitrogens with one attached hydrogen (secondary N) is 1. The fourth-order valence-electron chi connectivity index (χ4n) is 1.32. The number of ether oxygens (including phenoxy) is 1. The average molecular weight is 283 g/mol. The molecule has 0 spiro atoms. The Labute approximate surface area is 108 Å². The lowest BCUT2D eigenvalue weighted by Gasteiger charge is -2.11. The van der Waals surface area contributed by atoms with Crippen molar-refractivity contribution in [3.8, 4) is 0 Å². The van der Waals surface area contributed by atoms with Gasteiger partial charge in [-0.1, -0.05) is 0 Å². The van der Waals surface area contributed by atoms with E-state index in [9.17, 15) is 13.2 Å². The molecule has 0 saturated heterocycles. The molecule has 0 saturated carbocycles. The van der Waals surface area contributed by atoms with Gasteiger partial charge in [-0.25, -0.2) is 4.98 Å². The second kappa shape index (κ2) is 6.80. The normalized spacial score (nSPS) is 13.4. The van der Waals surface area contributed by atoms with E-state index in [2.05, 4.69) is 10.3 Å². The molecule has 1 atom stereocenters. The minimum atomic E-state index is -4.36. The Morgan fingerprint density at radius 2 is 2.22 bits per heavy atom. The number of nitrogens with zero attached hydrogens (tertiary/aromatic N) is 1. The number of methoxy groups -OCH3 is 1. The van der Waals surface area contributed by atoms with E-state index in [1.807, 2.05) is 0 Å². The highest BCUT2D eigenvalue weighted by atomic mass is 35.5. The van der Waals surface area contributed by atoms with Crippen LogP contribution in [0.2, 0.25) is 0 Å². The third-order valence-corrected chi connectivity index (χ3v) is 2.54. The summed E-state index contributed by atoms with van der Waals surface area (Å²) in [5, 5.41) is 2.62. The lowest BCUT2D eigenvalue weighted by molar-refractivity contribution is -0.137. The van der Waals surface area contributed by atoms with Crippen molar-refractivity contribution in [1.29, 1.82) is 0 Å². The fourth-order valence-corrected chi connectivity index (χ4v) is 1.56. The van der Waals surface area contributed by atoms with Crippen LogP contribution in [0.4, 0.5) is 19.0 Å². The minimum Gasteiger partial charge on any atom is -0.383 e. The van der Waals surface area contributed by atoms with Crippen LogP contribution in [0.1, 0.15) is 12.0 Å². The molecule has 0 bridgehead atoms. The van der Waals surface area contributed by atoms with Gasteiger partial charge in [0.15, 0.2) is 0 Å². The molecule has 0 radical (unpaired) electrons. The molecular formula is C11H14ClF3N2O. The molecule has 0 aliphatic heterocycles. The smallest absolute Gasteiger partial charge is 0.383 e. The van der Waals surface area contributed by atoms with Crippen LogP contribution < -0.4 is 5.32 Å². The quantitative estimate of drug-likeness (QED) is 0.814. The lowest BCUT2D eigenvalue weighted by atomic mass is 10.2. The summed E-state index contributed by atoms with van der Waals surface area (Å²) >= 11 is 5.89. The second-order valence-corrected chi connectivity index (χ2v) is 4.31. The zero-order chi connectivity index (χ0) is 13.6. The molecule has 0 fully saturated rings. The highest BCUT2D eigenvalue weighted by Crippen LogP contribution is 2.29. The van der Waals surface area contributed by atoms with Gasteiger partial charge in [-0.05, 0) is 18.6 Å². The van der Waals surface area contributed by atoms with Gasteiger partial charge < -0.3 is 10.1 Å². The van der Waals surface area contributed by atoms with Gasteiger partial charge >= 0.3 is 6.18 Å². The minimum absolute atomic E-state index is 0.173. The Balaban J connectivity index is 2.48. The molecule has 0 aromatic carbocycles. The molecule has 1 N–H and O–H groups in total. The summed E-state index contributed by atoms with van der Waals surface area (Å²) in [6.07, 6.45) is -2.66. The Bertz CT molecular complexity index is 374. The molecule has 0 amide bonds. The monoisotopic (exact) mass is 282 g/mol. The maximum atomic E-state index is 12.4. The third kappa shape index (κ3) is 5.10. The molecular weight excluding hydrogens is 269 g/mol. The molecule has 0 aliphatic rings. The number of pyridine rings is 1. The number of hydrogen-bond acceptors (Lipinski definition) is 3. The van der Waals surface area contributed by atoms with Crippen LogP contribution in [-0.4, -0.2) is 30.6 Å². The van der Waals surface area contributed by atoms with E-state index in [1.54, 1.807) is 0 Å². The molecule has 7 heteroatoms. The van der Waals surface area contributed by atoms with E-state index in [0.717, 1.165) is 18.3 Å². The molecule has 3 nitrogen and oxygen atoms in total. The number of halogens is 4. The topological polar surface area (TPSA) is 34.1 Å². The Morgan fingerprint density at radius 3 is 2.83 bits per heavy atom. The first kappa shape index (κ1) is 15.0. The maximum absolute atomic E-state index is 12.4. The average Bonchev–Trinajstić information content (AvgIpc) is 2.29. The summed E-state index contributed by atoms with van der Waals surface area (Å²) in [5.41, 5.74) is -0.723. The van der Waals surface area contributed by atoms with Crippen molar-refractivity contribution in [2.75, 3.05) is 25.6 Å². The van der Waals surface area contributed by atoms with Gasteiger partial charge in [0, 0.05) is 19.9 Å². The van der Waals surface area contributed by atoms with Gasteiger partial charge in [0.2, 0.25) is 0 Å². The van der Waals surface area contributed by atoms with Crippen molar-refractivity contribution < 1.29 is 17.9 Å². The number of hydrogen-bond donors (Lipinski definition) is 1. The molecule has 1 unspecified atom stereocenters. The maximum Gasteiger partial charge on any atom is 0.416 e. The summed E-state index contributed by atoms with van der Waals surface area (Å²) < 4.78 is 42.1. The van der Waals surface area contributed by atoms with E-state index < -0.39 is 11.7 Å². The first-order valence-corrected chi connectivity index (χ1v) is 5.77. The Hall–Kier alpha value is -1.01. The van der Waals surface area contributed by atoms with Crippen LogP contribution in [-0.2, 0) is 10.9 Å². The number of aromatic nitrogens is 1. The summed E-state index contributed by atoms with van der Waals surface area (Å²) in [6, 6.07) is 1.90. The van der Waals surface area contributed by atoms with Gasteiger partial charge in [-0.15, -0.1) is 11.6 Å². The molecule has 1 heterocycles. The predicted molar refractivity (Wildman–Crippen MR) is 63.9 cm³/mol. The van der Waals surface area contributed by atoms with E-state index >= 15 is 0 Å². The second-order valence-electron chi connectivity index (χ2n) is 3.70. The van der Waals surface area contributed by atoms with Gasteiger partial charge in [-0.2, -0.15) is 13.2 Å². The van der Waals surface area contributed by atoms with Crippen LogP contribution in [0.5, 0.6) is 0 Å². The van der Waals surface area contributed by atoms with Crippen LogP contribution in [0.3, 0.4) is 0 Å². The van der Waals surface area contributed by atoms with Crippen LogP contribution in [0.15, 0.2) is 18.3 Å². The third-order valence-electron chi connectivity index (χ3n) is 2.20. The van der Waals surface area contributed by atoms with Crippen LogP contribution in [0.25, 0.3) is 0 Å². The summed E-state index contributed by atoms with van der Waals surface area (Å²) in [6.45, 7) is 0.838. The first-order chi connectivity index (χ1) is 8.43. The van der Waals surface area contributed by atoms with Crippen molar-refractivity contribution >= 4 is 17.4 Å². The number of alkyl halides is 4. The Morgan fingerprint density at radius 1 is 1.50 bits per heavy atom. The number of anilines is 1. The van der Waals surface area contributed by atoms with Gasteiger partial charge in [0.05, 0.1) is 17.5 Å². The molecule has 102 valence electrons. The summed E-state index contributed by atoms with van der Waals surface area (Å²) in [5.74, 6) is 0.186. The summed E-state index contributed by atoms with van der Waals surface area (Å²) in [7, 11) is 1.54. The Kier molecular flexibility index (Phi) is 5.68. The van der Waals surface area contributed by atoms with Gasteiger partial charge in [-0.3, -0.25) is 0 Å². The first-order valence-electron chi connectivity index (χ1n) is 5.33. The standard InChI is InChI=1S/C11H14ClF3N2O/c1-18-7-9(12)3-5-17-10-6-8(2-4-16-10)11(13,14)15/h2,4,6,9H,3,5,7H2,1H3,(H,16,17). The van der Waals surface area contributed by atoms with Crippen molar-refractivity contribution in [2.45, 2.75) is 18.0 Å². The molecule has 0 aliphatic carbocycles. The SMILES string of the molecule is COCC(Cl)CCNc1cc(C(F)(F)F)ccn1. The van der Waals surface area contributed by atoms with Crippen molar-refractivity contribution in [1.82, 2.24) is 4.98 Å².